The SMILES string of the molecule is Cc1ccc(NC(C)c2ccc(F)cc2F)c([N+](=O)[O-])c1. The second-order valence-corrected chi connectivity index (χ2v) is 4.81. The third-order valence-electron chi connectivity index (χ3n) is 3.15. The van der Waals surface area contributed by atoms with Gasteiger partial charge in [-0.3, -0.25) is 10.1 Å². The van der Waals surface area contributed by atoms with Crippen LogP contribution in [0.2, 0.25) is 0 Å². The highest BCUT2D eigenvalue weighted by molar-refractivity contribution is 5.63. The van der Waals surface area contributed by atoms with Gasteiger partial charge in [-0.25, -0.2) is 8.78 Å². The van der Waals surface area contributed by atoms with E-state index >= 15 is 0 Å². The summed E-state index contributed by atoms with van der Waals surface area (Å²) in [4.78, 5) is 10.5. The van der Waals surface area contributed by atoms with Gasteiger partial charge in [0.15, 0.2) is 0 Å². The average Bonchev–Trinajstić information content (AvgIpc) is 2.40. The van der Waals surface area contributed by atoms with Gasteiger partial charge < -0.3 is 5.32 Å². The van der Waals surface area contributed by atoms with Gasteiger partial charge >= 0.3 is 0 Å². The molecule has 6 heteroatoms. The molecule has 0 spiro atoms. The van der Waals surface area contributed by atoms with Crippen LogP contribution in [0.3, 0.4) is 0 Å². The molecule has 0 aromatic heterocycles. The number of nitro groups is 1. The van der Waals surface area contributed by atoms with E-state index in [1.807, 2.05) is 0 Å². The number of hydrogen-bond donors (Lipinski definition) is 1. The normalized spacial score (nSPS) is 12.0. The van der Waals surface area contributed by atoms with Gasteiger partial charge in [-0.15, -0.1) is 0 Å². The average molecular weight is 292 g/mol. The topological polar surface area (TPSA) is 55.2 Å². The molecule has 0 saturated heterocycles. The number of nitrogens with one attached hydrogen (secondary N) is 1. The van der Waals surface area contributed by atoms with Gasteiger partial charge in [0.2, 0.25) is 0 Å². The summed E-state index contributed by atoms with van der Waals surface area (Å²) in [7, 11) is 0. The smallest absolute Gasteiger partial charge is 0.292 e. The van der Waals surface area contributed by atoms with Crippen molar-refractivity contribution in [2.24, 2.45) is 0 Å². The van der Waals surface area contributed by atoms with Crippen molar-refractivity contribution in [2.45, 2.75) is 19.9 Å². The van der Waals surface area contributed by atoms with Gasteiger partial charge in [-0.2, -0.15) is 0 Å². The first kappa shape index (κ1) is 14.9. The first-order chi connectivity index (χ1) is 9.88. The summed E-state index contributed by atoms with van der Waals surface area (Å²) < 4.78 is 26.6. The van der Waals surface area contributed by atoms with Gasteiger partial charge in [-0.1, -0.05) is 12.1 Å². The Labute approximate surface area is 120 Å². The highest BCUT2D eigenvalue weighted by Gasteiger charge is 2.18. The van der Waals surface area contributed by atoms with E-state index in [0.29, 0.717) is 5.69 Å². The van der Waals surface area contributed by atoms with E-state index in [0.717, 1.165) is 17.7 Å². The van der Waals surface area contributed by atoms with Gasteiger partial charge in [0, 0.05) is 17.7 Å². The van der Waals surface area contributed by atoms with Crippen LogP contribution in [0.5, 0.6) is 0 Å². The molecule has 21 heavy (non-hydrogen) atoms. The minimum atomic E-state index is -0.690. The monoisotopic (exact) mass is 292 g/mol. The summed E-state index contributed by atoms with van der Waals surface area (Å²) in [6, 6.07) is 7.47. The zero-order valence-corrected chi connectivity index (χ0v) is 11.6. The highest BCUT2D eigenvalue weighted by atomic mass is 19.1. The lowest BCUT2D eigenvalue weighted by Gasteiger charge is -2.16. The van der Waals surface area contributed by atoms with Crippen molar-refractivity contribution in [1.82, 2.24) is 0 Å². The van der Waals surface area contributed by atoms with Crippen LogP contribution in [-0.2, 0) is 0 Å². The number of rotatable bonds is 4. The highest BCUT2D eigenvalue weighted by Crippen LogP contribution is 2.29. The molecule has 0 aliphatic carbocycles. The maximum Gasteiger partial charge on any atom is 0.292 e. The fraction of sp³-hybridized carbons (Fsp3) is 0.200. The lowest BCUT2D eigenvalue weighted by molar-refractivity contribution is -0.384. The Balaban J connectivity index is 2.31. The van der Waals surface area contributed by atoms with E-state index in [2.05, 4.69) is 5.32 Å². The Morgan fingerprint density at radius 3 is 2.52 bits per heavy atom. The summed E-state index contributed by atoms with van der Waals surface area (Å²) >= 11 is 0. The van der Waals surface area contributed by atoms with Crippen LogP contribution in [0, 0.1) is 28.7 Å². The van der Waals surface area contributed by atoms with Gasteiger partial charge in [0.05, 0.1) is 11.0 Å². The zero-order valence-electron chi connectivity index (χ0n) is 11.6. The van der Waals surface area contributed by atoms with Crippen molar-refractivity contribution >= 4 is 11.4 Å². The van der Waals surface area contributed by atoms with Crippen molar-refractivity contribution in [3.05, 3.63) is 69.3 Å². The molecule has 110 valence electrons. The summed E-state index contributed by atoms with van der Waals surface area (Å²) in [6.45, 7) is 3.40. The third-order valence-corrected chi connectivity index (χ3v) is 3.15. The Morgan fingerprint density at radius 1 is 1.19 bits per heavy atom. The lowest BCUT2D eigenvalue weighted by Crippen LogP contribution is -2.10. The standard InChI is InChI=1S/C15H14F2N2O2/c1-9-3-6-14(15(7-9)19(20)21)18-10(2)12-5-4-11(16)8-13(12)17/h3-8,10,18H,1-2H3. The van der Waals surface area contributed by atoms with Crippen LogP contribution < -0.4 is 5.32 Å². The molecule has 0 saturated carbocycles. The van der Waals surface area contributed by atoms with Gasteiger partial charge in [0.25, 0.3) is 5.69 Å². The van der Waals surface area contributed by atoms with Crippen molar-refractivity contribution in [1.29, 1.82) is 0 Å². The van der Waals surface area contributed by atoms with Crippen LogP contribution in [0.1, 0.15) is 24.1 Å². The first-order valence-corrected chi connectivity index (χ1v) is 6.35. The van der Waals surface area contributed by atoms with Crippen molar-refractivity contribution in [3.8, 4) is 0 Å². The third kappa shape index (κ3) is 3.34. The molecule has 1 N–H and O–H groups in total. The lowest BCUT2D eigenvalue weighted by atomic mass is 10.1. The number of nitrogens with zero attached hydrogens (tertiary/aromatic N) is 1. The van der Waals surface area contributed by atoms with E-state index in [-0.39, 0.29) is 11.3 Å². The molecule has 0 heterocycles. The molecule has 0 bridgehead atoms. The Bertz CT molecular complexity index is 689. The minimum Gasteiger partial charge on any atom is -0.373 e. The Kier molecular flexibility index (Phi) is 4.16. The second kappa shape index (κ2) is 5.87. The summed E-state index contributed by atoms with van der Waals surface area (Å²) in [5.41, 5.74) is 1.21. The molecule has 0 fully saturated rings. The number of hydrogen-bond acceptors (Lipinski definition) is 3. The molecule has 1 unspecified atom stereocenters. The molecule has 0 aliphatic rings. The molecule has 2 rings (SSSR count). The first-order valence-electron chi connectivity index (χ1n) is 6.35. The second-order valence-electron chi connectivity index (χ2n) is 4.81. The predicted octanol–water partition coefficient (Wildman–Crippen LogP) is 4.35. The predicted molar refractivity (Wildman–Crippen MR) is 76.2 cm³/mol. The zero-order chi connectivity index (χ0) is 15.6. The Morgan fingerprint density at radius 2 is 1.90 bits per heavy atom. The van der Waals surface area contributed by atoms with E-state index in [1.165, 1.54) is 12.1 Å². The fourth-order valence-corrected chi connectivity index (χ4v) is 2.08. The van der Waals surface area contributed by atoms with Crippen LogP contribution in [0.25, 0.3) is 0 Å². The van der Waals surface area contributed by atoms with E-state index in [9.17, 15) is 18.9 Å². The Hall–Kier alpha value is -2.50. The van der Waals surface area contributed by atoms with E-state index in [4.69, 9.17) is 0 Å². The minimum absolute atomic E-state index is 0.0793. The molecule has 2 aromatic rings. The molecule has 2 aromatic carbocycles. The van der Waals surface area contributed by atoms with Crippen LogP contribution in [-0.4, -0.2) is 4.92 Å². The van der Waals surface area contributed by atoms with Crippen LogP contribution in [0.4, 0.5) is 20.2 Å². The molecule has 0 amide bonds. The number of aryl methyl sites for hydroxylation is 1. The molecule has 4 nitrogen and oxygen atoms in total. The number of halogens is 2. The van der Waals surface area contributed by atoms with E-state index < -0.39 is 22.6 Å². The van der Waals surface area contributed by atoms with Crippen molar-refractivity contribution in [2.75, 3.05) is 5.32 Å². The quantitative estimate of drug-likeness (QED) is 0.673. The van der Waals surface area contributed by atoms with Gasteiger partial charge in [-0.05, 0) is 31.5 Å². The molecule has 1 atom stereocenters. The largest absolute Gasteiger partial charge is 0.373 e. The van der Waals surface area contributed by atoms with Crippen molar-refractivity contribution in [3.63, 3.8) is 0 Å². The summed E-state index contributed by atoms with van der Waals surface area (Å²) in [6.07, 6.45) is 0. The fourth-order valence-electron chi connectivity index (χ4n) is 2.08. The van der Waals surface area contributed by atoms with Crippen molar-refractivity contribution < 1.29 is 13.7 Å². The maximum atomic E-state index is 13.7. The number of benzene rings is 2. The number of nitro benzene ring substituents is 1. The maximum absolute atomic E-state index is 13.7. The number of anilines is 1. The van der Waals surface area contributed by atoms with Gasteiger partial charge in [0.1, 0.15) is 17.3 Å². The van der Waals surface area contributed by atoms with E-state index in [1.54, 1.807) is 26.0 Å². The van der Waals surface area contributed by atoms with Crippen LogP contribution >= 0.6 is 0 Å². The molecule has 0 aliphatic heterocycles. The molecule has 0 radical (unpaired) electrons. The molecular formula is C15H14F2N2O2. The summed E-state index contributed by atoms with van der Waals surface area (Å²) in [5, 5.41) is 13.9. The molecular weight excluding hydrogens is 278 g/mol. The summed E-state index contributed by atoms with van der Waals surface area (Å²) in [5.74, 6) is -1.35. The van der Waals surface area contributed by atoms with Crippen LogP contribution in [0.15, 0.2) is 36.4 Å².